The number of carbonyl (C=O) groups is 1. The summed E-state index contributed by atoms with van der Waals surface area (Å²) in [4.78, 5) is 18.7. The Balaban J connectivity index is 2.96. The van der Waals surface area contributed by atoms with E-state index in [1.165, 1.54) is 27.4 Å². The molecule has 7 nitrogen and oxygen atoms in total. The second-order valence-electron chi connectivity index (χ2n) is 2.80. The van der Waals surface area contributed by atoms with Gasteiger partial charge in [0.15, 0.2) is 0 Å². The topological polar surface area (TPSA) is 87.6 Å². The standard InChI is InChI=1S/C9H12N2O5S/c1-14-6-4-7(15-2)11-9(10-6)17(13)5-8(12)16-3/h4H,5H2,1-3H3. The maximum absolute atomic E-state index is 11.7. The highest BCUT2D eigenvalue weighted by molar-refractivity contribution is 7.85. The Hall–Kier alpha value is -1.70. The average Bonchev–Trinajstić information content (AvgIpc) is 2.37. The van der Waals surface area contributed by atoms with Crippen molar-refractivity contribution in [1.82, 2.24) is 9.97 Å². The first-order chi connectivity index (χ1) is 8.10. The summed E-state index contributed by atoms with van der Waals surface area (Å²) in [6.07, 6.45) is 0. The van der Waals surface area contributed by atoms with Crippen molar-refractivity contribution in [2.45, 2.75) is 5.16 Å². The minimum Gasteiger partial charge on any atom is -0.481 e. The molecule has 0 amide bonds. The van der Waals surface area contributed by atoms with Gasteiger partial charge < -0.3 is 14.2 Å². The Morgan fingerprint density at radius 1 is 1.24 bits per heavy atom. The van der Waals surface area contributed by atoms with Crippen LogP contribution in [0.5, 0.6) is 11.8 Å². The van der Waals surface area contributed by atoms with Gasteiger partial charge in [0.25, 0.3) is 0 Å². The largest absolute Gasteiger partial charge is 0.481 e. The molecule has 1 heterocycles. The van der Waals surface area contributed by atoms with Crippen LogP contribution in [0.4, 0.5) is 0 Å². The molecule has 94 valence electrons. The summed E-state index contributed by atoms with van der Waals surface area (Å²) < 4.78 is 25.9. The van der Waals surface area contributed by atoms with Gasteiger partial charge in [-0.15, -0.1) is 0 Å². The van der Waals surface area contributed by atoms with Gasteiger partial charge in [0.1, 0.15) is 16.6 Å². The first kappa shape index (κ1) is 13.4. The molecule has 8 heteroatoms. The molecule has 1 rings (SSSR count). The number of esters is 1. The number of nitrogens with zero attached hydrogens (tertiary/aromatic N) is 2. The van der Waals surface area contributed by atoms with Crippen molar-refractivity contribution in [2.75, 3.05) is 27.1 Å². The maximum atomic E-state index is 11.7. The average molecular weight is 260 g/mol. The second kappa shape index (κ2) is 6.14. The third-order valence-electron chi connectivity index (χ3n) is 1.76. The summed E-state index contributed by atoms with van der Waals surface area (Å²) in [5.41, 5.74) is 0. The lowest BCUT2D eigenvalue weighted by molar-refractivity contribution is -0.137. The predicted molar refractivity (Wildman–Crippen MR) is 58.4 cm³/mol. The van der Waals surface area contributed by atoms with Crippen LogP contribution in [-0.2, 0) is 20.3 Å². The van der Waals surface area contributed by atoms with E-state index in [0.717, 1.165) is 0 Å². The molecular formula is C9H12N2O5S. The summed E-state index contributed by atoms with van der Waals surface area (Å²) >= 11 is 0. The monoisotopic (exact) mass is 260 g/mol. The predicted octanol–water partition coefficient (Wildman–Crippen LogP) is -0.226. The summed E-state index contributed by atoms with van der Waals surface area (Å²) in [5.74, 6) is -0.490. The van der Waals surface area contributed by atoms with Crippen molar-refractivity contribution < 1.29 is 23.2 Å². The van der Waals surface area contributed by atoms with Crippen LogP contribution in [0.25, 0.3) is 0 Å². The van der Waals surface area contributed by atoms with Gasteiger partial charge in [-0.1, -0.05) is 0 Å². The van der Waals surface area contributed by atoms with Crippen LogP contribution in [0.2, 0.25) is 0 Å². The fraction of sp³-hybridized carbons (Fsp3) is 0.444. The molecule has 1 atom stereocenters. The van der Waals surface area contributed by atoms with E-state index in [0.29, 0.717) is 0 Å². The second-order valence-corrected chi connectivity index (χ2v) is 4.15. The van der Waals surface area contributed by atoms with Gasteiger partial charge in [-0.3, -0.25) is 9.00 Å². The number of aromatic nitrogens is 2. The summed E-state index contributed by atoms with van der Waals surface area (Å²) in [6.45, 7) is 0. The van der Waals surface area contributed by atoms with Crippen molar-refractivity contribution in [3.63, 3.8) is 0 Å². The number of methoxy groups -OCH3 is 3. The molecule has 0 saturated carbocycles. The molecule has 0 aromatic carbocycles. The molecule has 0 bridgehead atoms. The molecule has 0 fully saturated rings. The summed E-state index contributed by atoms with van der Waals surface area (Å²) in [5, 5.41) is -0.0356. The first-order valence-electron chi connectivity index (χ1n) is 4.53. The van der Waals surface area contributed by atoms with Crippen LogP contribution in [0, 0.1) is 0 Å². The summed E-state index contributed by atoms with van der Waals surface area (Å²) in [6, 6.07) is 1.44. The van der Waals surface area contributed by atoms with Crippen LogP contribution in [-0.4, -0.2) is 47.2 Å². The molecule has 0 N–H and O–H groups in total. The smallest absolute Gasteiger partial charge is 0.318 e. The van der Waals surface area contributed by atoms with E-state index in [-0.39, 0.29) is 22.7 Å². The lowest BCUT2D eigenvalue weighted by atomic mass is 10.6. The third-order valence-corrected chi connectivity index (χ3v) is 2.84. The Bertz CT molecular complexity index is 415. The Morgan fingerprint density at radius 2 is 1.76 bits per heavy atom. The lowest BCUT2D eigenvalue weighted by Gasteiger charge is -2.05. The van der Waals surface area contributed by atoms with Gasteiger partial charge in [-0.25, -0.2) is 0 Å². The molecule has 1 unspecified atom stereocenters. The van der Waals surface area contributed by atoms with Crippen LogP contribution in [0.3, 0.4) is 0 Å². The van der Waals surface area contributed by atoms with E-state index in [9.17, 15) is 9.00 Å². The molecule has 1 aromatic heterocycles. The minimum absolute atomic E-state index is 0.0356. The van der Waals surface area contributed by atoms with Gasteiger partial charge >= 0.3 is 5.97 Å². The molecule has 0 aliphatic heterocycles. The third kappa shape index (κ3) is 3.66. The highest BCUT2D eigenvalue weighted by atomic mass is 32.2. The molecule has 1 aromatic rings. The van der Waals surface area contributed by atoms with Gasteiger partial charge in [-0.05, 0) is 0 Å². The summed E-state index contributed by atoms with van der Waals surface area (Å²) in [7, 11) is 2.34. The maximum Gasteiger partial charge on any atom is 0.318 e. The van der Waals surface area contributed by atoms with Crippen molar-refractivity contribution in [3.8, 4) is 11.8 Å². The lowest BCUT2D eigenvalue weighted by Crippen LogP contribution is -2.14. The highest BCUT2D eigenvalue weighted by Gasteiger charge is 2.15. The molecule has 0 saturated heterocycles. The zero-order chi connectivity index (χ0) is 12.8. The van der Waals surface area contributed by atoms with Crippen molar-refractivity contribution in [1.29, 1.82) is 0 Å². The van der Waals surface area contributed by atoms with Gasteiger partial charge in [0, 0.05) is 0 Å². The first-order valence-corrected chi connectivity index (χ1v) is 5.84. The van der Waals surface area contributed by atoms with Crippen molar-refractivity contribution >= 4 is 16.8 Å². The van der Waals surface area contributed by atoms with Crippen LogP contribution < -0.4 is 9.47 Å². The van der Waals surface area contributed by atoms with Gasteiger partial charge in [0.05, 0.1) is 27.4 Å². The van der Waals surface area contributed by atoms with E-state index >= 15 is 0 Å². The number of ether oxygens (including phenoxy) is 3. The molecule has 17 heavy (non-hydrogen) atoms. The van der Waals surface area contributed by atoms with E-state index in [4.69, 9.17) is 9.47 Å². The van der Waals surface area contributed by atoms with Crippen LogP contribution >= 0.6 is 0 Å². The number of rotatable bonds is 5. The van der Waals surface area contributed by atoms with E-state index in [2.05, 4.69) is 14.7 Å². The van der Waals surface area contributed by atoms with E-state index in [1.54, 1.807) is 0 Å². The normalized spacial score (nSPS) is 11.7. The van der Waals surface area contributed by atoms with Crippen molar-refractivity contribution in [3.05, 3.63) is 6.07 Å². The van der Waals surface area contributed by atoms with Crippen molar-refractivity contribution in [2.24, 2.45) is 0 Å². The molecule has 0 spiro atoms. The fourth-order valence-electron chi connectivity index (χ4n) is 0.925. The Kier molecular flexibility index (Phi) is 4.83. The SMILES string of the molecule is COC(=O)CS(=O)c1nc(OC)cc(OC)n1. The Morgan fingerprint density at radius 3 is 2.18 bits per heavy atom. The number of carbonyl (C=O) groups excluding carboxylic acids is 1. The number of hydrogen-bond donors (Lipinski definition) is 0. The van der Waals surface area contributed by atoms with Crippen LogP contribution in [0.15, 0.2) is 11.2 Å². The molecule has 0 aliphatic carbocycles. The van der Waals surface area contributed by atoms with Crippen LogP contribution in [0.1, 0.15) is 0 Å². The fourth-order valence-corrected chi connectivity index (χ4v) is 1.77. The minimum atomic E-state index is -1.69. The van der Waals surface area contributed by atoms with E-state index in [1.807, 2.05) is 0 Å². The van der Waals surface area contributed by atoms with E-state index < -0.39 is 16.8 Å². The molecule has 0 radical (unpaired) electrons. The number of hydrogen-bond acceptors (Lipinski definition) is 7. The zero-order valence-electron chi connectivity index (χ0n) is 9.63. The Labute approximate surface area is 101 Å². The molecular weight excluding hydrogens is 248 g/mol. The zero-order valence-corrected chi connectivity index (χ0v) is 10.4. The molecule has 0 aliphatic rings. The quantitative estimate of drug-likeness (QED) is 0.534. The van der Waals surface area contributed by atoms with Gasteiger partial charge in [0.2, 0.25) is 16.9 Å². The highest BCUT2D eigenvalue weighted by Crippen LogP contribution is 2.16. The van der Waals surface area contributed by atoms with Gasteiger partial charge in [-0.2, -0.15) is 9.97 Å².